The zero-order valence-electron chi connectivity index (χ0n) is 11.8. The van der Waals surface area contributed by atoms with E-state index < -0.39 is 0 Å². The van der Waals surface area contributed by atoms with Gasteiger partial charge < -0.3 is 5.32 Å². The molecule has 2 aliphatic carbocycles. The van der Waals surface area contributed by atoms with E-state index in [2.05, 4.69) is 28.0 Å². The molecule has 21 heavy (non-hydrogen) atoms. The van der Waals surface area contributed by atoms with Crippen molar-refractivity contribution in [2.75, 3.05) is 0 Å². The highest BCUT2D eigenvalue weighted by atomic mass is 32.1. The summed E-state index contributed by atoms with van der Waals surface area (Å²) in [6, 6.07) is 10.6. The number of fused-ring (bicyclic) bond motifs is 2. The van der Waals surface area contributed by atoms with E-state index in [9.17, 15) is 0 Å². The number of nitrogens with zero attached hydrogens (tertiary/aromatic N) is 1. The van der Waals surface area contributed by atoms with Gasteiger partial charge in [0, 0.05) is 12.3 Å². The standard InChI is InChI=1S/C17H19N3S/c21-17(19-16-12-14-8-9-15(16)11-14)20-18-10-4-7-13-5-2-1-3-6-13/h1-10,14-16H,11-12H2,(H2,19,20,21). The van der Waals surface area contributed by atoms with Crippen LogP contribution >= 0.6 is 12.2 Å². The van der Waals surface area contributed by atoms with Crippen molar-refractivity contribution in [1.82, 2.24) is 10.7 Å². The Morgan fingerprint density at radius 1 is 1.19 bits per heavy atom. The molecule has 4 heteroatoms. The number of hydrogen-bond acceptors (Lipinski definition) is 2. The molecule has 0 saturated heterocycles. The van der Waals surface area contributed by atoms with Gasteiger partial charge in [-0.25, -0.2) is 0 Å². The lowest BCUT2D eigenvalue weighted by molar-refractivity contribution is 0.521. The van der Waals surface area contributed by atoms with Crippen LogP contribution in [-0.4, -0.2) is 17.4 Å². The third-order valence-electron chi connectivity index (χ3n) is 4.01. The van der Waals surface area contributed by atoms with E-state index >= 15 is 0 Å². The summed E-state index contributed by atoms with van der Waals surface area (Å²) in [6.07, 6.45) is 12.7. The van der Waals surface area contributed by atoms with Crippen LogP contribution in [0.3, 0.4) is 0 Å². The topological polar surface area (TPSA) is 36.4 Å². The molecule has 0 spiro atoms. The van der Waals surface area contributed by atoms with Gasteiger partial charge in [0.1, 0.15) is 0 Å². The zero-order valence-corrected chi connectivity index (χ0v) is 12.6. The van der Waals surface area contributed by atoms with E-state index in [0.717, 1.165) is 11.5 Å². The van der Waals surface area contributed by atoms with Crippen LogP contribution in [0.4, 0.5) is 0 Å². The van der Waals surface area contributed by atoms with Crippen molar-refractivity contribution < 1.29 is 0 Å². The van der Waals surface area contributed by atoms with E-state index in [-0.39, 0.29) is 0 Å². The molecule has 3 atom stereocenters. The number of allylic oxidation sites excluding steroid dienone is 2. The second kappa shape index (κ2) is 6.68. The molecule has 0 aliphatic heterocycles. The van der Waals surface area contributed by atoms with Gasteiger partial charge in [-0.05, 0) is 48.5 Å². The molecule has 0 heterocycles. The predicted octanol–water partition coefficient (Wildman–Crippen LogP) is 3.11. The first kappa shape index (κ1) is 14.0. The summed E-state index contributed by atoms with van der Waals surface area (Å²) >= 11 is 5.27. The highest BCUT2D eigenvalue weighted by molar-refractivity contribution is 7.80. The fourth-order valence-corrected chi connectivity index (χ4v) is 3.21. The molecule has 1 fully saturated rings. The summed E-state index contributed by atoms with van der Waals surface area (Å²) in [7, 11) is 0. The van der Waals surface area contributed by atoms with E-state index in [4.69, 9.17) is 12.2 Å². The second-order valence-electron chi connectivity index (χ2n) is 5.52. The summed E-state index contributed by atoms with van der Waals surface area (Å²) in [5.41, 5.74) is 4.02. The van der Waals surface area contributed by atoms with E-state index in [1.807, 2.05) is 42.5 Å². The Labute approximate surface area is 130 Å². The van der Waals surface area contributed by atoms with Crippen molar-refractivity contribution >= 4 is 29.6 Å². The molecule has 2 N–H and O–H groups in total. The zero-order chi connectivity index (χ0) is 14.5. The SMILES string of the molecule is S=C(NN=CC=Cc1ccccc1)NC1CC2C=CC1C2. The Morgan fingerprint density at radius 3 is 2.76 bits per heavy atom. The molecule has 1 aromatic carbocycles. The first-order valence-corrected chi connectivity index (χ1v) is 7.72. The first-order chi connectivity index (χ1) is 10.3. The highest BCUT2D eigenvalue weighted by Gasteiger charge is 2.35. The van der Waals surface area contributed by atoms with Crippen LogP contribution < -0.4 is 10.7 Å². The first-order valence-electron chi connectivity index (χ1n) is 7.31. The number of rotatable bonds is 4. The lowest BCUT2D eigenvalue weighted by Crippen LogP contribution is -2.41. The highest BCUT2D eigenvalue weighted by Crippen LogP contribution is 2.38. The lowest BCUT2D eigenvalue weighted by Gasteiger charge is -2.20. The van der Waals surface area contributed by atoms with Gasteiger partial charge in [-0.1, -0.05) is 48.6 Å². The third kappa shape index (κ3) is 3.79. The van der Waals surface area contributed by atoms with Gasteiger partial charge in [0.25, 0.3) is 0 Å². The van der Waals surface area contributed by atoms with Crippen LogP contribution in [0.15, 0.2) is 53.7 Å². The van der Waals surface area contributed by atoms with Crippen LogP contribution in [0.5, 0.6) is 0 Å². The van der Waals surface area contributed by atoms with Crippen LogP contribution in [-0.2, 0) is 0 Å². The van der Waals surface area contributed by atoms with E-state index in [0.29, 0.717) is 17.1 Å². The van der Waals surface area contributed by atoms with Crippen molar-refractivity contribution in [2.45, 2.75) is 18.9 Å². The fraction of sp³-hybridized carbons (Fsp3) is 0.294. The molecule has 3 rings (SSSR count). The summed E-state index contributed by atoms with van der Waals surface area (Å²) in [5.74, 6) is 1.38. The Bertz CT molecular complexity index is 577. The number of nitrogens with one attached hydrogen (secondary N) is 2. The largest absolute Gasteiger partial charge is 0.358 e. The van der Waals surface area contributed by atoms with E-state index in [1.54, 1.807) is 6.21 Å². The molecule has 3 nitrogen and oxygen atoms in total. The van der Waals surface area contributed by atoms with Gasteiger partial charge >= 0.3 is 0 Å². The molecular weight excluding hydrogens is 278 g/mol. The molecule has 108 valence electrons. The molecule has 0 aromatic heterocycles. The van der Waals surface area contributed by atoms with Crippen LogP contribution in [0, 0.1) is 11.8 Å². The third-order valence-corrected chi connectivity index (χ3v) is 4.22. The number of thiocarbonyl (C=S) groups is 1. The minimum atomic E-state index is 0.468. The van der Waals surface area contributed by atoms with Gasteiger partial charge in [-0.15, -0.1) is 0 Å². The minimum absolute atomic E-state index is 0.468. The summed E-state index contributed by atoms with van der Waals surface area (Å²) in [6.45, 7) is 0. The average Bonchev–Trinajstić information content (AvgIpc) is 3.10. The van der Waals surface area contributed by atoms with Crippen molar-refractivity contribution in [2.24, 2.45) is 16.9 Å². The summed E-state index contributed by atoms with van der Waals surface area (Å²) in [4.78, 5) is 0. The molecule has 1 aromatic rings. The van der Waals surface area contributed by atoms with Crippen molar-refractivity contribution in [3.05, 3.63) is 54.1 Å². The molecule has 1 saturated carbocycles. The average molecular weight is 297 g/mol. The Hall–Kier alpha value is -1.94. The van der Waals surface area contributed by atoms with Gasteiger partial charge in [0.05, 0.1) is 0 Å². The summed E-state index contributed by atoms with van der Waals surface area (Å²) < 4.78 is 0. The van der Waals surface area contributed by atoms with Crippen molar-refractivity contribution in [1.29, 1.82) is 0 Å². The number of benzene rings is 1. The van der Waals surface area contributed by atoms with Crippen molar-refractivity contribution in [3.8, 4) is 0 Å². The molecular formula is C17H19N3S. The van der Waals surface area contributed by atoms with E-state index in [1.165, 1.54) is 12.8 Å². The predicted molar refractivity (Wildman–Crippen MR) is 92.0 cm³/mol. The Balaban J connectivity index is 1.40. The quantitative estimate of drug-likeness (QED) is 0.388. The maximum absolute atomic E-state index is 5.27. The van der Waals surface area contributed by atoms with Gasteiger partial charge in [-0.2, -0.15) is 5.10 Å². The van der Waals surface area contributed by atoms with Gasteiger partial charge in [-0.3, -0.25) is 5.43 Å². The molecule has 2 aliphatic rings. The van der Waals surface area contributed by atoms with Crippen LogP contribution in [0.1, 0.15) is 18.4 Å². The number of hydrazone groups is 1. The number of hydrogen-bond donors (Lipinski definition) is 2. The smallest absolute Gasteiger partial charge is 0.187 e. The van der Waals surface area contributed by atoms with Crippen LogP contribution in [0.25, 0.3) is 6.08 Å². The van der Waals surface area contributed by atoms with Crippen LogP contribution in [0.2, 0.25) is 0 Å². The monoisotopic (exact) mass is 297 g/mol. The minimum Gasteiger partial charge on any atom is -0.358 e. The molecule has 0 amide bonds. The lowest BCUT2D eigenvalue weighted by atomic mass is 10.0. The fourth-order valence-electron chi connectivity index (χ4n) is 3.00. The summed E-state index contributed by atoms with van der Waals surface area (Å²) in [5, 5.41) is 8.06. The molecule has 3 unspecified atom stereocenters. The molecule has 0 radical (unpaired) electrons. The normalized spacial score (nSPS) is 26.8. The van der Waals surface area contributed by atoms with Gasteiger partial charge in [0.2, 0.25) is 0 Å². The van der Waals surface area contributed by atoms with Crippen molar-refractivity contribution in [3.63, 3.8) is 0 Å². The van der Waals surface area contributed by atoms with Gasteiger partial charge in [0.15, 0.2) is 5.11 Å². The Morgan fingerprint density at radius 2 is 2.05 bits per heavy atom. The Kier molecular flexibility index (Phi) is 4.46. The molecule has 2 bridgehead atoms. The maximum atomic E-state index is 5.27. The maximum Gasteiger partial charge on any atom is 0.187 e. The second-order valence-corrected chi connectivity index (χ2v) is 5.93.